The Hall–Kier alpha value is -1.29. The second kappa shape index (κ2) is 5.57. The Balaban J connectivity index is 2.14. The molecule has 1 aromatic carbocycles. The van der Waals surface area contributed by atoms with E-state index in [-0.39, 0.29) is 11.9 Å². The molecule has 0 saturated heterocycles. The van der Waals surface area contributed by atoms with E-state index in [2.05, 4.69) is 28.2 Å². The molecule has 1 heterocycles. The van der Waals surface area contributed by atoms with E-state index in [0.717, 1.165) is 17.4 Å². The van der Waals surface area contributed by atoms with Crippen molar-refractivity contribution in [2.24, 2.45) is 0 Å². The molecule has 3 nitrogen and oxygen atoms in total. The van der Waals surface area contributed by atoms with Crippen LogP contribution in [0.2, 0.25) is 0 Å². The van der Waals surface area contributed by atoms with Gasteiger partial charge in [0.2, 0.25) is 0 Å². The molecular formula is C14H16BrNO2. The molecule has 4 heteroatoms. The molecule has 0 fully saturated rings. The number of benzene rings is 1. The maximum atomic E-state index is 12.1. The number of carbonyl (C=O) groups is 1. The fraction of sp³-hybridized carbons (Fsp3) is 0.357. The second-order valence-corrected chi connectivity index (χ2v) is 6.10. The first-order valence-electron chi connectivity index (χ1n) is 5.99. The molecule has 0 aliphatic heterocycles. The maximum absolute atomic E-state index is 12.1. The molecule has 2 aromatic rings. The summed E-state index contributed by atoms with van der Waals surface area (Å²) in [6.07, 6.45) is 2.41. The van der Waals surface area contributed by atoms with E-state index in [4.69, 9.17) is 4.42 Å². The smallest absolute Gasteiger partial charge is 0.255 e. The van der Waals surface area contributed by atoms with Crippen molar-refractivity contribution in [3.05, 3.63) is 36.1 Å². The summed E-state index contributed by atoms with van der Waals surface area (Å²) in [6, 6.07) is 7.67. The van der Waals surface area contributed by atoms with Gasteiger partial charge in [-0.05, 0) is 19.4 Å². The average molecular weight is 310 g/mol. The topological polar surface area (TPSA) is 42.2 Å². The molecule has 18 heavy (non-hydrogen) atoms. The van der Waals surface area contributed by atoms with Gasteiger partial charge in [0.05, 0.1) is 5.56 Å². The van der Waals surface area contributed by atoms with Gasteiger partial charge in [0.1, 0.15) is 11.8 Å². The fourth-order valence-electron chi connectivity index (χ4n) is 2.00. The first-order chi connectivity index (χ1) is 8.58. The fourth-order valence-corrected chi connectivity index (χ4v) is 2.56. The number of para-hydroxylation sites is 1. The lowest BCUT2D eigenvalue weighted by atomic mass is 10.1. The van der Waals surface area contributed by atoms with Gasteiger partial charge < -0.3 is 9.73 Å². The van der Waals surface area contributed by atoms with Crippen molar-refractivity contribution in [2.45, 2.75) is 31.1 Å². The van der Waals surface area contributed by atoms with Crippen LogP contribution in [0, 0.1) is 0 Å². The Morgan fingerprint density at radius 3 is 2.83 bits per heavy atom. The van der Waals surface area contributed by atoms with Gasteiger partial charge in [-0.2, -0.15) is 0 Å². The number of hydrogen-bond donors (Lipinski definition) is 1. The lowest BCUT2D eigenvalue weighted by molar-refractivity contribution is 0.0939. The van der Waals surface area contributed by atoms with Crippen molar-refractivity contribution in [3.8, 4) is 0 Å². The molecule has 0 aliphatic carbocycles. The van der Waals surface area contributed by atoms with Crippen LogP contribution in [0.3, 0.4) is 0 Å². The van der Waals surface area contributed by atoms with Gasteiger partial charge in [0.25, 0.3) is 5.91 Å². The van der Waals surface area contributed by atoms with Gasteiger partial charge in [-0.3, -0.25) is 4.79 Å². The zero-order valence-electron chi connectivity index (χ0n) is 10.4. The lowest BCUT2D eigenvalue weighted by Gasteiger charge is -2.14. The van der Waals surface area contributed by atoms with Crippen LogP contribution in [0.4, 0.5) is 0 Å². The monoisotopic (exact) mass is 309 g/mol. The number of carbonyl (C=O) groups excluding carboxylic acids is 1. The molecule has 2 rings (SSSR count). The summed E-state index contributed by atoms with van der Waals surface area (Å²) >= 11 is 3.48. The van der Waals surface area contributed by atoms with E-state index >= 15 is 0 Å². The predicted molar refractivity (Wildman–Crippen MR) is 76.1 cm³/mol. The summed E-state index contributed by atoms with van der Waals surface area (Å²) in [5, 5.41) is 3.83. The second-order valence-electron chi connectivity index (χ2n) is 4.54. The number of alkyl halides is 1. The molecule has 0 aliphatic rings. The lowest BCUT2D eigenvalue weighted by Crippen LogP contribution is -2.33. The molecule has 0 saturated carbocycles. The largest absolute Gasteiger partial charge is 0.463 e. The molecule has 2 atom stereocenters. The number of halogens is 1. The normalized spacial score (nSPS) is 14.4. The van der Waals surface area contributed by atoms with Crippen LogP contribution in [0.1, 0.15) is 30.6 Å². The number of hydrogen-bond acceptors (Lipinski definition) is 2. The number of nitrogens with one attached hydrogen (secondary N) is 1. The number of rotatable bonds is 4. The van der Waals surface area contributed by atoms with Crippen LogP contribution < -0.4 is 5.32 Å². The molecule has 0 spiro atoms. The van der Waals surface area contributed by atoms with E-state index in [1.165, 1.54) is 6.26 Å². The van der Waals surface area contributed by atoms with Crippen molar-refractivity contribution in [3.63, 3.8) is 0 Å². The summed E-state index contributed by atoms with van der Waals surface area (Å²) in [7, 11) is 0. The highest BCUT2D eigenvalue weighted by Gasteiger charge is 2.16. The van der Waals surface area contributed by atoms with Crippen molar-refractivity contribution >= 4 is 32.8 Å². The number of fused-ring (bicyclic) bond motifs is 1. The third kappa shape index (κ3) is 2.93. The molecule has 96 valence electrons. The van der Waals surface area contributed by atoms with Crippen molar-refractivity contribution in [1.29, 1.82) is 0 Å². The van der Waals surface area contributed by atoms with Gasteiger partial charge >= 0.3 is 0 Å². The van der Waals surface area contributed by atoms with E-state index < -0.39 is 0 Å². The zero-order chi connectivity index (χ0) is 13.1. The SMILES string of the molecule is CC(Br)CC(C)NC(=O)c1coc2ccccc12. The van der Waals surface area contributed by atoms with Crippen LogP contribution in [-0.4, -0.2) is 16.8 Å². The Morgan fingerprint density at radius 2 is 2.11 bits per heavy atom. The highest BCUT2D eigenvalue weighted by Crippen LogP contribution is 2.20. The Bertz CT molecular complexity index is 547. The van der Waals surface area contributed by atoms with Gasteiger partial charge in [-0.15, -0.1) is 0 Å². The van der Waals surface area contributed by atoms with Gasteiger partial charge in [-0.1, -0.05) is 41.1 Å². The predicted octanol–water partition coefficient (Wildman–Crippen LogP) is 3.72. The summed E-state index contributed by atoms with van der Waals surface area (Å²) in [6.45, 7) is 4.06. The molecule has 1 N–H and O–H groups in total. The van der Waals surface area contributed by atoms with Gasteiger partial charge in [0.15, 0.2) is 0 Å². The average Bonchev–Trinajstić information content (AvgIpc) is 2.71. The number of furan rings is 1. The standard InChI is InChI=1S/C14H16BrNO2/c1-9(15)7-10(2)16-14(17)12-8-18-13-6-4-3-5-11(12)13/h3-6,8-10H,7H2,1-2H3,(H,16,17). The first-order valence-corrected chi connectivity index (χ1v) is 6.90. The summed E-state index contributed by atoms with van der Waals surface area (Å²) in [5.74, 6) is -0.0828. The minimum absolute atomic E-state index is 0.0828. The quantitative estimate of drug-likeness (QED) is 0.875. The summed E-state index contributed by atoms with van der Waals surface area (Å²) < 4.78 is 5.36. The van der Waals surface area contributed by atoms with Crippen molar-refractivity contribution in [1.82, 2.24) is 5.32 Å². The highest BCUT2D eigenvalue weighted by atomic mass is 79.9. The maximum Gasteiger partial charge on any atom is 0.255 e. The molecular weight excluding hydrogens is 294 g/mol. The first kappa shape index (κ1) is 13.1. The van der Waals surface area contributed by atoms with Crippen LogP contribution in [0.15, 0.2) is 34.9 Å². The highest BCUT2D eigenvalue weighted by molar-refractivity contribution is 9.09. The minimum atomic E-state index is -0.0828. The molecule has 0 bridgehead atoms. The number of amides is 1. The molecule has 1 amide bonds. The van der Waals surface area contributed by atoms with Gasteiger partial charge in [-0.25, -0.2) is 0 Å². The van der Waals surface area contributed by atoms with Crippen LogP contribution in [-0.2, 0) is 0 Å². The van der Waals surface area contributed by atoms with Crippen LogP contribution in [0.25, 0.3) is 11.0 Å². The Morgan fingerprint density at radius 1 is 1.39 bits per heavy atom. The van der Waals surface area contributed by atoms with E-state index in [1.807, 2.05) is 31.2 Å². The van der Waals surface area contributed by atoms with Crippen molar-refractivity contribution in [2.75, 3.05) is 0 Å². The van der Waals surface area contributed by atoms with Crippen LogP contribution >= 0.6 is 15.9 Å². The molecule has 1 aromatic heterocycles. The summed E-state index contributed by atoms with van der Waals surface area (Å²) in [4.78, 5) is 12.5. The van der Waals surface area contributed by atoms with E-state index in [0.29, 0.717) is 10.4 Å². The van der Waals surface area contributed by atoms with Crippen LogP contribution in [0.5, 0.6) is 0 Å². The Labute approximate surface area is 115 Å². The molecule has 2 unspecified atom stereocenters. The van der Waals surface area contributed by atoms with Crippen molar-refractivity contribution < 1.29 is 9.21 Å². The van der Waals surface area contributed by atoms with Gasteiger partial charge in [0, 0.05) is 16.3 Å². The summed E-state index contributed by atoms with van der Waals surface area (Å²) in [5.41, 5.74) is 1.34. The van der Waals surface area contributed by atoms with E-state index in [9.17, 15) is 4.79 Å². The van der Waals surface area contributed by atoms with E-state index in [1.54, 1.807) is 0 Å². The third-order valence-electron chi connectivity index (χ3n) is 2.78. The third-order valence-corrected chi connectivity index (χ3v) is 3.16. The Kier molecular flexibility index (Phi) is 4.07. The zero-order valence-corrected chi connectivity index (χ0v) is 12.0. The minimum Gasteiger partial charge on any atom is -0.463 e. The molecule has 0 radical (unpaired) electrons.